The van der Waals surface area contributed by atoms with Crippen molar-refractivity contribution in [2.75, 3.05) is 0 Å². The van der Waals surface area contributed by atoms with Crippen molar-refractivity contribution in [1.82, 2.24) is 9.88 Å². The number of fused-ring (bicyclic) bond motifs is 1. The van der Waals surface area contributed by atoms with Crippen LogP contribution in [0, 0.1) is 0 Å². The van der Waals surface area contributed by atoms with E-state index in [0.29, 0.717) is 29.2 Å². The number of hydrogen-bond donors (Lipinski definition) is 0. The second-order valence-electron chi connectivity index (χ2n) is 4.98. The van der Waals surface area contributed by atoms with Gasteiger partial charge in [0.2, 0.25) is 0 Å². The second kappa shape index (κ2) is 5.75. The molecule has 1 aromatic heterocycles. The van der Waals surface area contributed by atoms with Crippen molar-refractivity contribution in [3.8, 4) is 0 Å². The molecule has 0 bridgehead atoms. The van der Waals surface area contributed by atoms with E-state index in [4.69, 9.17) is 11.6 Å². The van der Waals surface area contributed by atoms with Crippen molar-refractivity contribution < 1.29 is 9.18 Å². The first-order valence-corrected chi connectivity index (χ1v) is 6.73. The molecule has 0 fully saturated rings. The molecule has 1 aliphatic heterocycles. The summed E-state index contributed by atoms with van der Waals surface area (Å²) in [6.07, 6.45) is 3.82. The first kappa shape index (κ1) is 14.7. The summed E-state index contributed by atoms with van der Waals surface area (Å²) in [4.78, 5) is 18.1. The van der Waals surface area contributed by atoms with E-state index in [2.05, 4.69) is 4.98 Å². The number of allylic oxidation sites excluding steroid dienone is 2. The highest BCUT2D eigenvalue weighted by molar-refractivity contribution is 6.30. The zero-order valence-electron chi connectivity index (χ0n) is 11.7. The zero-order chi connectivity index (χ0) is 14.9. The summed E-state index contributed by atoms with van der Waals surface area (Å²) in [5, 5.41) is 0.368. The summed E-state index contributed by atoms with van der Waals surface area (Å²) >= 11 is 6.03. The van der Waals surface area contributed by atoms with Crippen LogP contribution in [-0.2, 0) is 6.54 Å². The molecule has 2 rings (SSSR count). The number of carbonyl (C=O) groups is 1. The van der Waals surface area contributed by atoms with E-state index < -0.39 is 0 Å². The lowest BCUT2D eigenvalue weighted by atomic mass is 10.1. The fourth-order valence-electron chi connectivity index (χ4n) is 2.28. The number of hydrogen-bond acceptors (Lipinski definition) is 2. The minimum absolute atomic E-state index is 0.0635. The predicted octanol–water partition coefficient (Wildman–Crippen LogP) is 3.90. The molecule has 0 radical (unpaired) electrons. The molecular weight excluding hydrogens is 279 g/mol. The largest absolute Gasteiger partial charge is 0.328 e. The lowest BCUT2D eigenvalue weighted by molar-refractivity contribution is 0.0741. The minimum Gasteiger partial charge on any atom is -0.328 e. The molecule has 0 N–H and O–H groups in total. The third kappa shape index (κ3) is 2.61. The highest BCUT2D eigenvalue weighted by Gasteiger charge is 2.32. The van der Waals surface area contributed by atoms with Crippen LogP contribution in [0.15, 0.2) is 35.8 Å². The molecule has 106 valence electrons. The normalized spacial score (nSPS) is 17.4. The first-order chi connectivity index (χ1) is 9.45. The van der Waals surface area contributed by atoms with Crippen molar-refractivity contribution in [2.45, 2.75) is 33.4 Å². The van der Waals surface area contributed by atoms with E-state index in [1.54, 1.807) is 24.0 Å². The van der Waals surface area contributed by atoms with Gasteiger partial charge >= 0.3 is 0 Å². The molecule has 1 aromatic rings. The van der Waals surface area contributed by atoms with E-state index in [-0.39, 0.29) is 11.9 Å². The Bertz CT molecular complexity index is 610. The molecule has 0 spiro atoms. The first-order valence-electron chi connectivity index (χ1n) is 6.35. The van der Waals surface area contributed by atoms with Crippen LogP contribution in [0.1, 0.15) is 36.7 Å². The highest BCUT2D eigenvalue weighted by atomic mass is 35.5. The second-order valence-corrected chi connectivity index (χ2v) is 5.34. The van der Waals surface area contributed by atoms with Gasteiger partial charge in [-0.05, 0) is 32.4 Å². The van der Waals surface area contributed by atoms with Crippen LogP contribution in [0.3, 0.4) is 0 Å². The Kier molecular flexibility index (Phi) is 4.23. The lowest BCUT2D eigenvalue weighted by Crippen LogP contribution is -2.34. The quantitative estimate of drug-likeness (QED) is 0.626. The Hall–Kier alpha value is -1.68. The van der Waals surface area contributed by atoms with Crippen molar-refractivity contribution in [1.29, 1.82) is 0 Å². The van der Waals surface area contributed by atoms with Crippen LogP contribution >= 0.6 is 11.6 Å². The standard InChI is InChI=1S/C15H16ClFN2O/c1-9(7-17)6-10(2)11(3)19-8-13-12(15(19)20)4-5-18-14(13)16/h4-7,11H,8H2,1-3H3/b9-7+,10-6+. The molecular formula is C15H16ClFN2O. The Labute approximate surface area is 122 Å². The third-order valence-electron chi connectivity index (χ3n) is 3.58. The molecule has 2 heterocycles. The van der Waals surface area contributed by atoms with Gasteiger partial charge in [-0.2, -0.15) is 0 Å². The fourth-order valence-corrected chi connectivity index (χ4v) is 2.50. The number of aromatic nitrogens is 1. The van der Waals surface area contributed by atoms with Gasteiger partial charge in [0.25, 0.3) is 5.91 Å². The monoisotopic (exact) mass is 294 g/mol. The number of halogens is 2. The van der Waals surface area contributed by atoms with Gasteiger partial charge in [-0.15, -0.1) is 0 Å². The Morgan fingerprint density at radius 3 is 2.85 bits per heavy atom. The van der Waals surface area contributed by atoms with Gasteiger partial charge < -0.3 is 4.90 Å². The number of nitrogens with zero attached hydrogens (tertiary/aromatic N) is 2. The van der Waals surface area contributed by atoms with Gasteiger partial charge in [0.05, 0.1) is 18.9 Å². The molecule has 1 atom stereocenters. The van der Waals surface area contributed by atoms with E-state index in [0.717, 1.165) is 11.1 Å². The summed E-state index contributed by atoms with van der Waals surface area (Å²) < 4.78 is 12.4. The minimum atomic E-state index is -0.124. The van der Waals surface area contributed by atoms with Crippen LogP contribution in [0.25, 0.3) is 0 Å². The molecule has 0 saturated carbocycles. The van der Waals surface area contributed by atoms with E-state index in [9.17, 15) is 9.18 Å². The van der Waals surface area contributed by atoms with Crippen molar-refractivity contribution >= 4 is 17.5 Å². The van der Waals surface area contributed by atoms with Crippen LogP contribution < -0.4 is 0 Å². The summed E-state index contributed by atoms with van der Waals surface area (Å²) in [5.74, 6) is -0.0635. The Morgan fingerprint density at radius 2 is 2.25 bits per heavy atom. The molecule has 1 unspecified atom stereocenters. The summed E-state index contributed by atoms with van der Waals surface area (Å²) in [7, 11) is 0. The van der Waals surface area contributed by atoms with Crippen molar-refractivity contribution in [2.24, 2.45) is 0 Å². The fraction of sp³-hybridized carbons (Fsp3) is 0.333. The topological polar surface area (TPSA) is 33.2 Å². The number of rotatable bonds is 3. The molecule has 5 heteroatoms. The van der Waals surface area contributed by atoms with Crippen LogP contribution in [0.5, 0.6) is 0 Å². The maximum absolute atomic E-state index is 12.4. The molecule has 3 nitrogen and oxygen atoms in total. The average Bonchev–Trinajstić information content (AvgIpc) is 2.77. The van der Waals surface area contributed by atoms with Crippen molar-refractivity contribution in [3.05, 3.63) is 52.1 Å². The zero-order valence-corrected chi connectivity index (χ0v) is 12.4. The molecule has 1 aliphatic rings. The smallest absolute Gasteiger partial charge is 0.255 e. The van der Waals surface area contributed by atoms with Gasteiger partial charge in [0.15, 0.2) is 0 Å². The third-order valence-corrected chi connectivity index (χ3v) is 3.90. The number of carbonyl (C=O) groups excluding carboxylic acids is 1. The van der Waals surface area contributed by atoms with Gasteiger partial charge in [-0.25, -0.2) is 9.37 Å². The summed E-state index contributed by atoms with van der Waals surface area (Å²) in [5.41, 5.74) is 2.80. The van der Waals surface area contributed by atoms with Crippen LogP contribution in [-0.4, -0.2) is 21.8 Å². The van der Waals surface area contributed by atoms with Crippen LogP contribution in [0.2, 0.25) is 5.15 Å². The SMILES string of the molecule is CC(=C\F)/C=C(\C)C(C)N1Cc2c(ccnc2Cl)C1=O. The van der Waals surface area contributed by atoms with Gasteiger partial charge in [-0.3, -0.25) is 4.79 Å². The van der Waals surface area contributed by atoms with Crippen molar-refractivity contribution in [3.63, 3.8) is 0 Å². The average molecular weight is 295 g/mol. The predicted molar refractivity (Wildman–Crippen MR) is 77.2 cm³/mol. The number of amides is 1. The molecule has 0 saturated heterocycles. The van der Waals surface area contributed by atoms with E-state index >= 15 is 0 Å². The maximum atomic E-state index is 12.4. The number of pyridine rings is 1. The lowest BCUT2D eigenvalue weighted by Gasteiger charge is -2.25. The highest BCUT2D eigenvalue weighted by Crippen LogP contribution is 2.30. The van der Waals surface area contributed by atoms with Gasteiger partial charge in [0, 0.05) is 17.3 Å². The van der Waals surface area contributed by atoms with Crippen LogP contribution in [0.4, 0.5) is 4.39 Å². The molecule has 20 heavy (non-hydrogen) atoms. The Morgan fingerprint density at radius 1 is 1.55 bits per heavy atom. The Balaban J connectivity index is 2.27. The van der Waals surface area contributed by atoms with Gasteiger partial charge in [0.1, 0.15) is 5.15 Å². The van der Waals surface area contributed by atoms with E-state index in [1.807, 2.05) is 13.8 Å². The molecule has 0 aliphatic carbocycles. The van der Waals surface area contributed by atoms with Gasteiger partial charge in [-0.1, -0.05) is 23.3 Å². The molecule has 1 amide bonds. The summed E-state index contributed by atoms with van der Waals surface area (Å²) in [6, 6.07) is 1.56. The molecule has 0 aromatic carbocycles. The maximum Gasteiger partial charge on any atom is 0.255 e. The summed E-state index contributed by atoms with van der Waals surface area (Å²) in [6.45, 7) is 5.92. The van der Waals surface area contributed by atoms with E-state index in [1.165, 1.54) is 6.20 Å².